The summed E-state index contributed by atoms with van der Waals surface area (Å²) in [7, 11) is -4.01. The van der Waals surface area contributed by atoms with Gasteiger partial charge in [0.1, 0.15) is 11.4 Å². The van der Waals surface area contributed by atoms with Crippen LogP contribution in [0.2, 0.25) is 5.02 Å². The van der Waals surface area contributed by atoms with E-state index in [9.17, 15) is 18.3 Å². The Labute approximate surface area is 314 Å². The van der Waals surface area contributed by atoms with Crippen LogP contribution in [0.4, 0.5) is 5.69 Å². The molecule has 9 nitrogen and oxygen atoms in total. The number of hydrogen-bond acceptors (Lipinski definition) is 8. The second kappa shape index (κ2) is 14.6. The fourth-order valence-corrected chi connectivity index (χ4v) is 10.6. The summed E-state index contributed by atoms with van der Waals surface area (Å²) >= 11 is 6.48. The summed E-state index contributed by atoms with van der Waals surface area (Å²) in [5.41, 5.74) is 1.42. The second-order valence-electron chi connectivity index (χ2n) is 16.1. The summed E-state index contributed by atoms with van der Waals surface area (Å²) in [6, 6.07) is 11.4. The topological polar surface area (TPSA) is 108 Å². The Balaban J connectivity index is 1.29. The lowest BCUT2D eigenvalue weighted by Crippen LogP contribution is -2.57. The molecule has 2 fully saturated rings. The number of benzene rings is 2. The number of aliphatic hydroxyl groups is 1. The number of halogens is 1. The third-order valence-corrected chi connectivity index (χ3v) is 14.7. The van der Waals surface area contributed by atoms with Gasteiger partial charge < -0.3 is 19.5 Å². The number of allylic oxidation sites excluding steroid dienone is 1. The summed E-state index contributed by atoms with van der Waals surface area (Å²) in [5.74, 6) is 6.18. The molecule has 3 aliphatic heterocycles. The Morgan fingerprint density at radius 2 is 1.90 bits per heavy atom. The van der Waals surface area contributed by atoms with Gasteiger partial charge >= 0.3 is 0 Å². The molecule has 1 amide bonds. The summed E-state index contributed by atoms with van der Waals surface area (Å²) < 4.78 is 41.5. The largest absolute Gasteiger partial charge is 0.490 e. The zero-order chi connectivity index (χ0) is 36.7. The minimum atomic E-state index is -4.01. The van der Waals surface area contributed by atoms with Gasteiger partial charge in [-0.1, -0.05) is 49.4 Å². The monoisotopic (exact) mass is 749 g/mol. The lowest BCUT2D eigenvalue weighted by Gasteiger charge is -2.54. The standard InChI is InChI=1S/C41H52ClN3O6S/c1-29-8-6-17-41(47,16-4-5-19-44-20-22-50-23-21-44)37-14-18-39(37,3)26-45-27-40(15-7-9-31-24-33(42)11-12-34(31)40)28-51-36-13-10-32(25-35(36)45)38(46)43-52(48,49)30(29)2/h6,10-13,17,24-25,29-30,37,47H,5,7-9,14-15,18-23,26-28H2,1-3H3,(H,43,46)/b17-6+/t29-,30+,37+,39?,40-,41+/m0/s1. The van der Waals surface area contributed by atoms with Gasteiger partial charge in [0.15, 0.2) is 0 Å². The van der Waals surface area contributed by atoms with Gasteiger partial charge in [0, 0.05) is 61.1 Å². The number of anilines is 1. The number of carbonyl (C=O) groups is 1. The Kier molecular flexibility index (Phi) is 10.5. The van der Waals surface area contributed by atoms with E-state index in [-0.39, 0.29) is 28.2 Å². The number of rotatable bonds is 2. The number of nitrogens with zero attached hydrogens (tertiary/aromatic N) is 2. The average Bonchev–Trinajstić information content (AvgIpc) is 3.25. The minimum Gasteiger partial charge on any atom is -0.490 e. The van der Waals surface area contributed by atoms with E-state index in [0.717, 1.165) is 75.7 Å². The van der Waals surface area contributed by atoms with Gasteiger partial charge in [0.25, 0.3) is 5.91 Å². The van der Waals surface area contributed by atoms with Crippen LogP contribution < -0.4 is 14.4 Å². The molecule has 2 aliphatic carbocycles. The maximum Gasteiger partial charge on any atom is 0.264 e. The minimum absolute atomic E-state index is 0.163. The van der Waals surface area contributed by atoms with Crippen molar-refractivity contribution in [2.24, 2.45) is 17.3 Å². The number of nitrogens with one attached hydrogen (secondary N) is 1. The molecular formula is C41H52ClN3O6S. The van der Waals surface area contributed by atoms with Crippen LogP contribution in [0.25, 0.3) is 0 Å². The predicted octanol–water partition coefficient (Wildman–Crippen LogP) is 5.73. The van der Waals surface area contributed by atoms with Crippen LogP contribution in [0.3, 0.4) is 0 Å². The number of ether oxygens (including phenoxy) is 2. The maximum atomic E-state index is 13.6. The van der Waals surface area contributed by atoms with E-state index in [2.05, 4.69) is 45.4 Å². The number of hydrogen-bond donors (Lipinski definition) is 2. The summed E-state index contributed by atoms with van der Waals surface area (Å²) in [4.78, 5) is 18.3. The summed E-state index contributed by atoms with van der Waals surface area (Å²) in [6.07, 6.45) is 9.33. The van der Waals surface area contributed by atoms with E-state index >= 15 is 0 Å². The first-order valence-electron chi connectivity index (χ1n) is 18.9. The van der Waals surface area contributed by atoms with Crippen LogP contribution in [0, 0.1) is 29.1 Å². The molecule has 52 heavy (non-hydrogen) atoms. The molecule has 0 aromatic heterocycles. The van der Waals surface area contributed by atoms with Crippen LogP contribution in [0.15, 0.2) is 48.6 Å². The van der Waals surface area contributed by atoms with Crippen molar-refractivity contribution in [3.05, 3.63) is 70.3 Å². The molecule has 3 heterocycles. The van der Waals surface area contributed by atoms with E-state index in [1.54, 1.807) is 25.1 Å². The van der Waals surface area contributed by atoms with Crippen molar-refractivity contribution in [2.75, 3.05) is 57.4 Å². The zero-order valence-electron chi connectivity index (χ0n) is 30.6. The molecule has 1 saturated heterocycles. The second-order valence-corrected chi connectivity index (χ2v) is 18.6. The molecule has 0 radical (unpaired) electrons. The Hall–Kier alpha value is -3.07. The van der Waals surface area contributed by atoms with Gasteiger partial charge in [-0.25, -0.2) is 13.1 Å². The Morgan fingerprint density at radius 3 is 2.67 bits per heavy atom. The first-order chi connectivity index (χ1) is 24.8. The van der Waals surface area contributed by atoms with Crippen molar-refractivity contribution in [1.82, 2.24) is 9.62 Å². The van der Waals surface area contributed by atoms with Crippen molar-refractivity contribution in [1.29, 1.82) is 0 Å². The van der Waals surface area contributed by atoms with Crippen LogP contribution in [-0.4, -0.2) is 87.7 Å². The molecule has 2 bridgehead atoms. The molecule has 6 atom stereocenters. The highest BCUT2D eigenvalue weighted by atomic mass is 35.5. The van der Waals surface area contributed by atoms with Crippen LogP contribution in [0.5, 0.6) is 5.75 Å². The number of amides is 1. The van der Waals surface area contributed by atoms with Gasteiger partial charge in [-0.15, -0.1) is 0 Å². The third-order valence-electron chi connectivity index (χ3n) is 12.6. The van der Waals surface area contributed by atoms with Crippen molar-refractivity contribution in [2.45, 2.75) is 82.0 Å². The maximum absolute atomic E-state index is 13.6. The van der Waals surface area contributed by atoms with E-state index < -0.39 is 26.8 Å². The van der Waals surface area contributed by atoms with E-state index in [1.165, 1.54) is 11.1 Å². The van der Waals surface area contributed by atoms with Crippen LogP contribution in [0.1, 0.15) is 80.8 Å². The number of aryl methyl sites for hydroxylation is 1. The number of carbonyl (C=O) groups excluding carboxylic acids is 1. The molecule has 1 unspecified atom stereocenters. The average molecular weight is 750 g/mol. The highest BCUT2D eigenvalue weighted by Crippen LogP contribution is 2.54. The molecule has 2 N–H and O–H groups in total. The smallest absolute Gasteiger partial charge is 0.264 e. The fourth-order valence-electron chi connectivity index (χ4n) is 9.12. The van der Waals surface area contributed by atoms with Gasteiger partial charge in [-0.05, 0) is 104 Å². The Morgan fingerprint density at radius 1 is 1.10 bits per heavy atom. The van der Waals surface area contributed by atoms with Crippen molar-refractivity contribution < 1.29 is 27.8 Å². The number of sulfonamides is 1. The molecule has 2 aromatic rings. The first kappa shape index (κ1) is 37.3. The lowest BCUT2D eigenvalue weighted by atomic mass is 9.54. The van der Waals surface area contributed by atoms with Gasteiger partial charge in [0.2, 0.25) is 10.0 Å². The van der Waals surface area contributed by atoms with Gasteiger partial charge in [-0.3, -0.25) is 9.69 Å². The number of fused-ring (bicyclic) bond motifs is 4. The fraction of sp³-hybridized carbons (Fsp3) is 0.585. The predicted molar refractivity (Wildman–Crippen MR) is 204 cm³/mol. The molecule has 7 rings (SSSR count). The van der Waals surface area contributed by atoms with Crippen molar-refractivity contribution in [3.8, 4) is 17.6 Å². The quantitative estimate of drug-likeness (QED) is 0.296. The van der Waals surface area contributed by atoms with Gasteiger partial charge in [0.05, 0.1) is 30.8 Å². The highest BCUT2D eigenvalue weighted by Gasteiger charge is 2.54. The van der Waals surface area contributed by atoms with E-state index in [4.69, 9.17) is 21.1 Å². The molecule has 2 aromatic carbocycles. The summed E-state index contributed by atoms with van der Waals surface area (Å²) in [6.45, 7) is 11.5. The Bertz CT molecular complexity index is 1890. The van der Waals surface area contributed by atoms with E-state index in [0.29, 0.717) is 38.3 Å². The third kappa shape index (κ3) is 7.37. The van der Waals surface area contributed by atoms with Crippen LogP contribution in [-0.2, 0) is 26.6 Å². The van der Waals surface area contributed by atoms with Crippen molar-refractivity contribution in [3.63, 3.8) is 0 Å². The molecule has 280 valence electrons. The molecule has 11 heteroatoms. The zero-order valence-corrected chi connectivity index (χ0v) is 32.2. The molecule has 1 saturated carbocycles. The lowest BCUT2D eigenvalue weighted by molar-refractivity contribution is -0.0614. The highest BCUT2D eigenvalue weighted by molar-refractivity contribution is 7.90. The van der Waals surface area contributed by atoms with Crippen molar-refractivity contribution >= 4 is 33.2 Å². The normalized spacial score (nSPS) is 33.9. The first-order valence-corrected chi connectivity index (χ1v) is 20.8. The number of morpholine rings is 1. The molecular weight excluding hydrogens is 698 g/mol. The van der Waals surface area contributed by atoms with Crippen LogP contribution >= 0.6 is 11.6 Å². The SMILES string of the molecule is C[C@@H]1[C@@H](C)C/C=C/[C@](O)(C#CCCN2CCOCC2)[C@@H]2CCC2(C)CN2C[C@@]3(CCCc4cc(Cl)ccc43)COc3ccc(cc32)C(=O)NS1(=O)=O. The summed E-state index contributed by atoms with van der Waals surface area (Å²) in [5, 5.41) is 12.4. The molecule has 1 spiro atoms. The van der Waals surface area contributed by atoms with Gasteiger partial charge in [-0.2, -0.15) is 0 Å². The van der Waals surface area contributed by atoms with E-state index in [1.807, 2.05) is 25.1 Å². The molecule has 5 aliphatic rings.